The first kappa shape index (κ1) is 15.1. The van der Waals surface area contributed by atoms with Crippen LogP contribution in [0.25, 0.3) is 0 Å². The van der Waals surface area contributed by atoms with E-state index in [1.54, 1.807) is 27.4 Å². The summed E-state index contributed by atoms with van der Waals surface area (Å²) in [6.07, 6.45) is 0. The molecule has 0 atom stereocenters. The lowest BCUT2D eigenvalue weighted by molar-refractivity contribution is 0.213. The molecule has 0 spiro atoms. The Balaban J connectivity index is 3.59. The third-order valence-corrected chi connectivity index (χ3v) is 3.62. The minimum absolute atomic E-state index is 0.00254. The Morgan fingerprint density at radius 3 is 2.06 bits per heavy atom. The van der Waals surface area contributed by atoms with Gasteiger partial charge in [0.2, 0.25) is 0 Å². The maximum atomic E-state index is 9.53. The van der Waals surface area contributed by atoms with Crippen molar-refractivity contribution in [2.75, 3.05) is 27.9 Å². The van der Waals surface area contributed by atoms with Gasteiger partial charge in [-0.1, -0.05) is 13.8 Å². The summed E-state index contributed by atoms with van der Waals surface area (Å²) in [6, 6.07) is 1.76. The average Bonchev–Trinajstić information content (AvgIpc) is 2.36. The van der Waals surface area contributed by atoms with Gasteiger partial charge in [-0.15, -0.1) is 0 Å². The number of aliphatic hydroxyl groups is 1. The molecule has 18 heavy (non-hydrogen) atoms. The Morgan fingerprint density at radius 1 is 1.11 bits per heavy atom. The number of rotatable bonds is 5. The van der Waals surface area contributed by atoms with Crippen LogP contribution in [0.15, 0.2) is 10.5 Å². The second-order valence-corrected chi connectivity index (χ2v) is 5.34. The highest BCUT2D eigenvalue weighted by Crippen LogP contribution is 2.47. The zero-order chi connectivity index (χ0) is 13.9. The Kier molecular flexibility index (Phi) is 4.87. The SMILES string of the molecule is COc1cc(OC)c(C(C)(C)CO)c(Br)c1OC. The number of hydrogen-bond donors (Lipinski definition) is 1. The van der Waals surface area contributed by atoms with Gasteiger partial charge in [0.1, 0.15) is 5.75 Å². The van der Waals surface area contributed by atoms with Crippen LogP contribution in [-0.2, 0) is 5.41 Å². The first-order valence-corrected chi connectivity index (χ1v) is 6.32. The van der Waals surface area contributed by atoms with Crippen LogP contribution in [0.5, 0.6) is 17.2 Å². The molecule has 0 saturated carbocycles. The van der Waals surface area contributed by atoms with Crippen LogP contribution < -0.4 is 14.2 Å². The van der Waals surface area contributed by atoms with Gasteiger partial charge >= 0.3 is 0 Å². The van der Waals surface area contributed by atoms with Crippen molar-refractivity contribution in [3.8, 4) is 17.2 Å². The molecule has 0 aliphatic rings. The molecule has 0 aliphatic heterocycles. The monoisotopic (exact) mass is 318 g/mol. The molecule has 1 rings (SSSR count). The fraction of sp³-hybridized carbons (Fsp3) is 0.538. The topological polar surface area (TPSA) is 47.9 Å². The number of benzene rings is 1. The molecular formula is C13H19BrO4. The minimum Gasteiger partial charge on any atom is -0.496 e. The predicted molar refractivity (Wildman–Crippen MR) is 73.9 cm³/mol. The van der Waals surface area contributed by atoms with Crippen molar-refractivity contribution < 1.29 is 19.3 Å². The Hall–Kier alpha value is -0.940. The Morgan fingerprint density at radius 2 is 1.67 bits per heavy atom. The second kappa shape index (κ2) is 5.80. The van der Waals surface area contributed by atoms with Gasteiger partial charge in [-0.05, 0) is 15.9 Å². The maximum Gasteiger partial charge on any atom is 0.175 e. The quantitative estimate of drug-likeness (QED) is 0.906. The Labute approximate surface area is 116 Å². The van der Waals surface area contributed by atoms with E-state index in [0.29, 0.717) is 17.2 Å². The summed E-state index contributed by atoms with van der Waals surface area (Å²) in [5.41, 5.74) is 0.397. The van der Waals surface area contributed by atoms with Crippen LogP contribution in [0, 0.1) is 0 Å². The van der Waals surface area contributed by atoms with Gasteiger partial charge in [0.25, 0.3) is 0 Å². The molecular weight excluding hydrogens is 300 g/mol. The molecule has 102 valence electrons. The van der Waals surface area contributed by atoms with Crippen LogP contribution in [-0.4, -0.2) is 33.0 Å². The van der Waals surface area contributed by atoms with E-state index >= 15 is 0 Å². The second-order valence-electron chi connectivity index (χ2n) is 4.55. The molecule has 0 fully saturated rings. The van der Waals surface area contributed by atoms with Crippen molar-refractivity contribution >= 4 is 15.9 Å². The van der Waals surface area contributed by atoms with Crippen LogP contribution in [0.3, 0.4) is 0 Å². The molecule has 1 N–H and O–H groups in total. The van der Waals surface area contributed by atoms with Crippen molar-refractivity contribution in [3.63, 3.8) is 0 Å². The third-order valence-electron chi connectivity index (χ3n) is 2.87. The standard InChI is InChI=1S/C13H19BrO4/c1-13(2,7-15)10-8(16-3)6-9(17-4)12(18-5)11(10)14/h6,15H,7H2,1-5H3. The van der Waals surface area contributed by atoms with Gasteiger partial charge in [-0.3, -0.25) is 0 Å². The number of hydrogen-bond acceptors (Lipinski definition) is 4. The van der Waals surface area contributed by atoms with Gasteiger partial charge in [-0.2, -0.15) is 0 Å². The molecule has 0 aliphatic carbocycles. The summed E-state index contributed by atoms with van der Waals surface area (Å²) in [6.45, 7) is 3.86. The molecule has 1 aromatic rings. The minimum atomic E-state index is -0.455. The summed E-state index contributed by atoms with van der Waals surface area (Å²) in [5, 5.41) is 9.53. The van der Waals surface area contributed by atoms with Crippen molar-refractivity contribution in [3.05, 3.63) is 16.1 Å². The summed E-state index contributed by atoms with van der Waals surface area (Å²) in [5.74, 6) is 1.83. The normalized spacial score (nSPS) is 11.3. The van der Waals surface area contributed by atoms with Gasteiger partial charge in [0, 0.05) is 17.0 Å². The lowest BCUT2D eigenvalue weighted by Gasteiger charge is -2.27. The molecule has 0 heterocycles. The van der Waals surface area contributed by atoms with E-state index in [4.69, 9.17) is 14.2 Å². The fourth-order valence-electron chi connectivity index (χ4n) is 1.80. The van der Waals surface area contributed by atoms with Crippen molar-refractivity contribution in [2.45, 2.75) is 19.3 Å². The molecule has 0 saturated heterocycles. The van der Waals surface area contributed by atoms with E-state index in [9.17, 15) is 5.11 Å². The molecule has 0 unspecified atom stereocenters. The summed E-state index contributed by atoms with van der Waals surface area (Å²) in [4.78, 5) is 0. The first-order chi connectivity index (χ1) is 8.42. The van der Waals surface area contributed by atoms with E-state index in [2.05, 4.69) is 15.9 Å². The summed E-state index contributed by atoms with van der Waals surface area (Å²) in [7, 11) is 4.73. The van der Waals surface area contributed by atoms with E-state index in [1.165, 1.54) is 0 Å². The highest BCUT2D eigenvalue weighted by Gasteiger charge is 2.30. The van der Waals surface area contributed by atoms with Gasteiger partial charge in [-0.25, -0.2) is 0 Å². The number of aliphatic hydroxyl groups excluding tert-OH is 1. The number of halogens is 1. The van der Waals surface area contributed by atoms with Crippen LogP contribution in [0.2, 0.25) is 0 Å². The zero-order valence-corrected chi connectivity index (χ0v) is 12.9. The highest BCUT2D eigenvalue weighted by molar-refractivity contribution is 9.10. The molecule has 1 aromatic carbocycles. The number of methoxy groups -OCH3 is 3. The largest absolute Gasteiger partial charge is 0.496 e. The van der Waals surface area contributed by atoms with Crippen molar-refractivity contribution in [1.82, 2.24) is 0 Å². The first-order valence-electron chi connectivity index (χ1n) is 5.52. The van der Waals surface area contributed by atoms with Crippen LogP contribution >= 0.6 is 15.9 Å². The van der Waals surface area contributed by atoms with Crippen LogP contribution in [0.1, 0.15) is 19.4 Å². The molecule has 0 radical (unpaired) electrons. The third kappa shape index (κ3) is 2.57. The van der Waals surface area contributed by atoms with Gasteiger partial charge in [0.05, 0.1) is 32.4 Å². The highest BCUT2D eigenvalue weighted by atomic mass is 79.9. The average molecular weight is 319 g/mol. The van der Waals surface area contributed by atoms with Gasteiger partial charge < -0.3 is 19.3 Å². The molecule has 0 amide bonds. The zero-order valence-electron chi connectivity index (χ0n) is 11.3. The Bertz CT molecular complexity index is 429. The van der Waals surface area contributed by atoms with E-state index in [-0.39, 0.29) is 6.61 Å². The lowest BCUT2D eigenvalue weighted by atomic mass is 9.84. The predicted octanol–water partition coefficient (Wildman–Crippen LogP) is 2.74. The lowest BCUT2D eigenvalue weighted by Crippen LogP contribution is -2.24. The van der Waals surface area contributed by atoms with Crippen molar-refractivity contribution in [1.29, 1.82) is 0 Å². The summed E-state index contributed by atoms with van der Waals surface area (Å²) < 4.78 is 16.7. The van der Waals surface area contributed by atoms with Crippen molar-refractivity contribution in [2.24, 2.45) is 0 Å². The van der Waals surface area contributed by atoms with Gasteiger partial charge in [0.15, 0.2) is 11.5 Å². The molecule has 5 heteroatoms. The van der Waals surface area contributed by atoms with Crippen LogP contribution in [0.4, 0.5) is 0 Å². The van der Waals surface area contributed by atoms with E-state index in [1.807, 2.05) is 13.8 Å². The molecule has 4 nitrogen and oxygen atoms in total. The van der Waals surface area contributed by atoms with E-state index in [0.717, 1.165) is 10.0 Å². The number of ether oxygens (including phenoxy) is 3. The molecule has 0 bridgehead atoms. The smallest absolute Gasteiger partial charge is 0.175 e. The molecule has 0 aromatic heterocycles. The maximum absolute atomic E-state index is 9.53. The fourth-order valence-corrected chi connectivity index (χ4v) is 2.89. The summed E-state index contributed by atoms with van der Waals surface area (Å²) >= 11 is 3.51. The van der Waals surface area contributed by atoms with E-state index < -0.39 is 5.41 Å².